The summed E-state index contributed by atoms with van der Waals surface area (Å²) in [7, 11) is 0. The maximum absolute atomic E-state index is 12.4. The molecule has 0 aliphatic carbocycles. The van der Waals surface area contributed by atoms with Gasteiger partial charge in [-0.15, -0.1) is 0 Å². The van der Waals surface area contributed by atoms with Crippen LogP contribution in [0.1, 0.15) is 54.0 Å². The lowest BCUT2D eigenvalue weighted by atomic mass is 9.96. The summed E-state index contributed by atoms with van der Waals surface area (Å²) in [5.41, 5.74) is 4.38. The van der Waals surface area contributed by atoms with E-state index in [2.05, 4.69) is 17.4 Å². The Kier molecular flexibility index (Phi) is 6.75. The van der Waals surface area contributed by atoms with E-state index in [0.717, 1.165) is 22.3 Å². The molecular weight excluding hydrogens is 314 g/mol. The molecule has 0 aliphatic heterocycles. The van der Waals surface area contributed by atoms with Crippen LogP contribution in [-0.4, -0.2) is 17.0 Å². The van der Waals surface area contributed by atoms with Crippen molar-refractivity contribution in [1.29, 1.82) is 0 Å². The van der Waals surface area contributed by atoms with Crippen molar-refractivity contribution in [3.05, 3.63) is 70.8 Å². The summed E-state index contributed by atoms with van der Waals surface area (Å²) in [6.07, 6.45) is 1.53. The Bertz CT molecular complexity index is 694. The van der Waals surface area contributed by atoms with E-state index in [1.807, 2.05) is 50.2 Å². The Morgan fingerprint density at radius 2 is 1.44 bits per heavy atom. The van der Waals surface area contributed by atoms with E-state index in [1.54, 1.807) is 0 Å². The summed E-state index contributed by atoms with van der Waals surface area (Å²) in [5, 5.41) is 11.8. The minimum absolute atomic E-state index is 0.0570. The largest absolute Gasteiger partial charge is 0.481 e. The van der Waals surface area contributed by atoms with Crippen LogP contribution in [0.2, 0.25) is 0 Å². The average molecular weight is 339 g/mol. The van der Waals surface area contributed by atoms with Gasteiger partial charge in [-0.1, -0.05) is 59.7 Å². The van der Waals surface area contributed by atoms with E-state index in [-0.39, 0.29) is 18.4 Å². The van der Waals surface area contributed by atoms with E-state index in [1.165, 1.54) is 0 Å². The summed E-state index contributed by atoms with van der Waals surface area (Å²) in [4.78, 5) is 22.9. The van der Waals surface area contributed by atoms with Gasteiger partial charge in [-0.25, -0.2) is 0 Å². The summed E-state index contributed by atoms with van der Waals surface area (Å²) >= 11 is 0. The second kappa shape index (κ2) is 9.02. The average Bonchev–Trinajstić information content (AvgIpc) is 2.56. The van der Waals surface area contributed by atoms with Crippen LogP contribution in [0.4, 0.5) is 0 Å². The van der Waals surface area contributed by atoms with E-state index < -0.39 is 5.97 Å². The van der Waals surface area contributed by atoms with Crippen LogP contribution in [0.3, 0.4) is 0 Å². The molecule has 0 aliphatic rings. The molecule has 0 spiro atoms. The first-order valence-electron chi connectivity index (χ1n) is 8.60. The fraction of sp³-hybridized carbons (Fsp3) is 0.333. The van der Waals surface area contributed by atoms with Gasteiger partial charge < -0.3 is 10.4 Å². The number of carbonyl (C=O) groups is 2. The normalized spacial score (nSPS) is 10.7. The lowest BCUT2D eigenvalue weighted by Crippen LogP contribution is -2.29. The van der Waals surface area contributed by atoms with Gasteiger partial charge in [0.1, 0.15) is 0 Å². The molecule has 2 aromatic rings. The molecule has 0 saturated heterocycles. The van der Waals surface area contributed by atoms with Gasteiger partial charge in [-0.3, -0.25) is 9.59 Å². The van der Waals surface area contributed by atoms with Crippen LogP contribution >= 0.6 is 0 Å². The summed E-state index contributed by atoms with van der Waals surface area (Å²) < 4.78 is 0. The minimum atomic E-state index is -0.821. The van der Waals surface area contributed by atoms with Crippen molar-refractivity contribution in [2.24, 2.45) is 0 Å². The Hall–Kier alpha value is -2.62. The highest BCUT2D eigenvalue weighted by Crippen LogP contribution is 2.24. The molecule has 0 radical (unpaired) electrons. The van der Waals surface area contributed by atoms with Crippen molar-refractivity contribution in [2.45, 2.75) is 45.6 Å². The SMILES string of the molecule is Cc1cccc(C(NC(=O)CCCCC(=O)O)c2cccc(C)c2)c1. The topological polar surface area (TPSA) is 66.4 Å². The predicted octanol–water partition coefficient (Wildman–Crippen LogP) is 4.15. The number of amides is 1. The molecule has 4 heteroatoms. The molecule has 0 saturated carbocycles. The van der Waals surface area contributed by atoms with Crippen LogP contribution in [0, 0.1) is 13.8 Å². The molecule has 1 amide bonds. The fourth-order valence-corrected chi connectivity index (χ4v) is 2.85. The Morgan fingerprint density at radius 3 is 1.92 bits per heavy atom. The molecule has 4 nitrogen and oxygen atoms in total. The molecule has 2 N–H and O–H groups in total. The van der Waals surface area contributed by atoms with E-state index in [9.17, 15) is 9.59 Å². The second-order valence-electron chi connectivity index (χ2n) is 6.43. The quantitative estimate of drug-likeness (QED) is 0.710. The van der Waals surface area contributed by atoms with Gasteiger partial charge >= 0.3 is 5.97 Å². The maximum Gasteiger partial charge on any atom is 0.303 e. The van der Waals surface area contributed by atoms with Crippen LogP contribution in [0.15, 0.2) is 48.5 Å². The monoisotopic (exact) mass is 339 g/mol. The Balaban J connectivity index is 2.12. The van der Waals surface area contributed by atoms with Crippen molar-refractivity contribution in [2.75, 3.05) is 0 Å². The standard InChI is InChI=1S/C21H25NO3/c1-15-7-5-9-17(13-15)21(18-10-6-8-16(2)14-18)22-19(23)11-3-4-12-20(24)25/h5-10,13-14,21H,3-4,11-12H2,1-2H3,(H,22,23)(H,24,25). The number of aryl methyl sites for hydroxylation is 2. The first-order valence-corrected chi connectivity index (χ1v) is 8.60. The zero-order chi connectivity index (χ0) is 18.2. The van der Waals surface area contributed by atoms with Crippen molar-refractivity contribution < 1.29 is 14.7 Å². The number of nitrogens with one attached hydrogen (secondary N) is 1. The molecular formula is C21H25NO3. The summed E-state index contributed by atoms with van der Waals surface area (Å²) in [5.74, 6) is -0.879. The first kappa shape index (κ1) is 18.7. The van der Waals surface area contributed by atoms with Gasteiger partial charge in [0, 0.05) is 12.8 Å². The number of carboxylic acid groups (broad SMARTS) is 1. The van der Waals surface area contributed by atoms with Crippen LogP contribution in [-0.2, 0) is 9.59 Å². The van der Waals surface area contributed by atoms with Crippen LogP contribution < -0.4 is 5.32 Å². The molecule has 2 rings (SSSR count). The number of hydrogen-bond donors (Lipinski definition) is 2. The fourth-order valence-electron chi connectivity index (χ4n) is 2.85. The number of aliphatic carboxylic acids is 1. The molecule has 0 atom stereocenters. The van der Waals surface area contributed by atoms with Crippen molar-refractivity contribution in [3.63, 3.8) is 0 Å². The highest BCUT2D eigenvalue weighted by molar-refractivity contribution is 5.77. The molecule has 25 heavy (non-hydrogen) atoms. The highest BCUT2D eigenvalue weighted by Gasteiger charge is 2.17. The van der Waals surface area contributed by atoms with Crippen molar-refractivity contribution in [3.8, 4) is 0 Å². The molecule has 0 heterocycles. The zero-order valence-corrected chi connectivity index (χ0v) is 14.8. The van der Waals surface area contributed by atoms with Gasteiger partial charge in [0.05, 0.1) is 6.04 Å². The molecule has 2 aromatic carbocycles. The molecule has 0 bridgehead atoms. The molecule has 132 valence electrons. The van der Waals surface area contributed by atoms with E-state index in [0.29, 0.717) is 19.3 Å². The van der Waals surface area contributed by atoms with Crippen LogP contribution in [0.25, 0.3) is 0 Å². The van der Waals surface area contributed by atoms with Gasteiger partial charge in [0.25, 0.3) is 0 Å². The number of carbonyl (C=O) groups excluding carboxylic acids is 1. The van der Waals surface area contributed by atoms with E-state index >= 15 is 0 Å². The van der Waals surface area contributed by atoms with Gasteiger partial charge in [-0.05, 0) is 37.8 Å². The first-order chi connectivity index (χ1) is 12.0. The van der Waals surface area contributed by atoms with E-state index in [4.69, 9.17) is 5.11 Å². The third-order valence-electron chi connectivity index (χ3n) is 4.10. The third kappa shape index (κ3) is 6.07. The zero-order valence-electron chi connectivity index (χ0n) is 14.8. The maximum atomic E-state index is 12.4. The smallest absolute Gasteiger partial charge is 0.303 e. The Labute approximate surface area is 148 Å². The third-order valence-corrected chi connectivity index (χ3v) is 4.10. The van der Waals surface area contributed by atoms with Crippen molar-refractivity contribution in [1.82, 2.24) is 5.32 Å². The van der Waals surface area contributed by atoms with Gasteiger partial charge in [0.15, 0.2) is 0 Å². The number of carboxylic acids is 1. The second-order valence-corrected chi connectivity index (χ2v) is 6.43. The Morgan fingerprint density at radius 1 is 0.920 bits per heavy atom. The number of hydrogen-bond acceptors (Lipinski definition) is 2. The van der Waals surface area contributed by atoms with Crippen LogP contribution in [0.5, 0.6) is 0 Å². The van der Waals surface area contributed by atoms with Gasteiger partial charge in [-0.2, -0.15) is 0 Å². The lowest BCUT2D eigenvalue weighted by Gasteiger charge is -2.21. The number of rotatable bonds is 8. The number of benzene rings is 2. The number of unbranched alkanes of at least 4 members (excludes halogenated alkanes) is 1. The molecule has 0 unspecified atom stereocenters. The lowest BCUT2D eigenvalue weighted by molar-refractivity contribution is -0.137. The summed E-state index contributed by atoms with van der Waals surface area (Å²) in [6, 6.07) is 16.0. The predicted molar refractivity (Wildman–Crippen MR) is 98.4 cm³/mol. The van der Waals surface area contributed by atoms with Crippen molar-refractivity contribution >= 4 is 11.9 Å². The molecule has 0 aromatic heterocycles. The molecule has 0 fully saturated rings. The van der Waals surface area contributed by atoms with Gasteiger partial charge in [0.2, 0.25) is 5.91 Å². The minimum Gasteiger partial charge on any atom is -0.481 e. The highest BCUT2D eigenvalue weighted by atomic mass is 16.4. The summed E-state index contributed by atoms with van der Waals surface area (Å²) in [6.45, 7) is 4.06.